The zero-order chi connectivity index (χ0) is 21.5. The first-order chi connectivity index (χ1) is 15.1. The zero-order valence-electron chi connectivity index (χ0n) is 18.0. The van der Waals surface area contributed by atoms with Gasteiger partial charge in [0.25, 0.3) is 5.91 Å². The van der Waals surface area contributed by atoms with E-state index in [9.17, 15) is 9.90 Å². The molecule has 3 aliphatic heterocycles. The van der Waals surface area contributed by atoms with Crippen LogP contribution in [0.5, 0.6) is 0 Å². The highest BCUT2D eigenvalue weighted by atomic mass is 16.5. The largest absolute Gasteiger partial charge is 0.389 e. The Hall–Kier alpha value is -2.46. The van der Waals surface area contributed by atoms with Gasteiger partial charge in [0.15, 0.2) is 0 Å². The second-order valence-electron chi connectivity index (χ2n) is 9.00. The summed E-state index contributed by atoms with van der Waals surface area (Å²) >= 11 is 0. The standard InChI is InChI=1S/C25H29N3O3/c1-3-17-6-10-27(11-7-17)14-18-13-20-23(24-19(18)5-4-9-26-24)16(2)28(25(20)30)21-8-12-31-15-22(21)29/h1,4-5,9,13,16-17,21-22,29H,6-8,10-12,14-15H2,2H3. The third kappa shape index (κ3) is 3.51. The number of terminal acetylenes is 1. The highest BCUT2D eigenvalue weighted by Gasteiger charge is 2.43. The first-order valence-corrected chi connectivity index (χ1v) is 11.3. The minimum Gasteiger partial charge on any atom is -0.389 e. The molecule has 5 rings (SSSR count). The number of fused-ring (bicyclic) bond motifs is 3. The van der Waals surface area contributed by atoms with Gasteiger partial charge in [0.2, 0.25) is 0 Å². The van der Waals surface area contributed by atoms with E-state index < -0.39 is 6.10 Å². The van der Waals surface area contributed by atoms with Gasteiger partial charge in [-0.15, -0.1) is 12.3 Å². The van der Waals surface area contributed by atoms with Crippen LogP contribution in [0.1, 0.15) is 53.7 Å². The van der Waals surface area contributed by atoms with Gasteiger partial charge in [-0.25, -0.2) is 0 Å². The molecule has 3 unspecified atom stereocenters. The summed E-state index contributed by atoms with van der Waals surface area (Å²) in [7, 11) is 0. The summed E-state index contributed by atoms with van der Waals surface area (Å²) < 4.78 is 5.39. The van der Waals surface area contributed by atoms with Crippen molar-refractivity contribution in [2.75, 3.05) is 26.3 Å². The normalized spacial score (nSPS) is 27.5. The third-order valence-electron chi connectivity index (χ3n) is 7.18. The van der Waals surface area contributed by atoms with Gasteiger partial charge in [0.1, 0.15) is 0 Å². The molecule has 2 fully saturated rings. The number of hydrogen-bond donors (Lipinski definition) is 1. The summed E-state index contributed by atoms with van der Waals surface area (Å²) in [6.07, 6.45) is 9.42. The van der Waals surface area contributed by atoms with Gasteiger partial charge < -0.3 is 14.7 Å². The van der Waals surface area contributed by atoms with E-state index in [1.165, 1.54) is 0 Å². The third-order valence-corrected chi connectivity index (χ3v) is 7.18. The highest BCUT2D eigenvalue weighted by molar-refractivity contribution is 6.05. The minimum atomic E-state index is -0.661. The molecule has 1 amide bonds. The summed E-state index contributed by atoms with van der Waals surface area (Å²) in [5.41, 5.74) is 3.74. The maximum atomic E-state index is 13.5. The fourth-order valence-electron chi connectivity index (χ4n) is 5.49. The quantitative estimate of drug-likeness (QED) is 0.775. The summed E-state index contributed by atoms with van der Waals surface area (Å²) in [5, 5.41) is 11.6. The number of aliphatic hydroxyl groups is 1. The Labute approximate surface area is 183 Å². The topological polar surface area (TPSA) is 65.9 Å². The number of nitrogens with zero attached hydrogens (tertiary/aromatic N) is 3. The fourth-order valence-corrected chi connectivity index (χ4v) is 5.49. The number of pyridine rings is 1. The van der Waals surface area contributed by atoms with Crippen LogP contribution in [0.3, 0.4) is 0 Å². The van der Waals surface area contributed by atoms with Crippen molar-refractivity contribution >= 4 is 16.8 Å². The van der Waals surface area contributed by atoms with Crippen LogP contribution in [0.4, 0.5) is 0 Å². The average Bonchev–Trinajstić information content (AvgIpc) is 3.05. The molecule has 2 saturated heterocycles. The lowest BCUT2D eigenvalue weighted by Crippen LogP contribution is -2.50. The lowest BCUT2D eigenvalue weighted by atomic mass is 9.94. The van der Waals surface area contributed by atoms with Crippen LogP contribution in [0.15, 0.2) is 24.4 Å². The van der Waals surface area contributed by atoms with E-state index >= 15 is 0 Å². The molecule has 31 heavy (non-hydrogen) atoms. The molecule has 0 aliphatic carbocycles. The number of carbonyl (C=O) groups is 1. The average molecular weight is 420 g/mol. The van der Waals surface area contributed by atoms with Crippen molar-refractivity contribution in [3.05, 3.63) is 41.1 Å². The number of aliphatic hydroxyl groups excluding tert-OH is 1. The molecule has 2 aromatic rings. The number of aromatic nitrogens is 1. The van der Waals surface area contributed by atoms with E-state index in [2.05, 4.69) is 23.0 Å². The molecule has 6 nitrogen and oxygen atoms in total. The van der Waals surface area contributed by atoms with Crippen LogP contribution < -0.4 is 0 Å². The number of hydrogen-bond acceptors (Lipinski definition) is 5. The smallest absolute Gasteiger partial charge is 0.255 e. The minimum absolute atomic E-state index is 0.00621. The van der Waals surface area contributed by atoms with Crippen LogP contribution in [0.2, 0.25) is 0 Å². The van der Waals surface area contributed by atoms with Gasteiger partial charge in [-0.3, -0.25) is 14.7 Å². The molecule has 0 saturated carbocycles. The summed E-state index contributed by atoms with van der Waals surface area (Å²) in [5.74, 6) is 3.25. The Morgan fingerprint density at radius 2 is 2.13 bits per heavy atom. The number of likely N-dealkylation sites (tertiary alicyclic amines) is 1. The predicted molar refractivity (Wildman–Crippen MR) is 118 cm³/mol. The molecule has 4 heterocycles. The Bertz CT molecular complexity index is 1040. The van der Waals surface area contributed by atoms with Crippen molar-refractivity contribution in [1.82, 2.24) is 14.8 Å². The molecule has 1 N–H and O–H groups in total. The molecule has 0 radical (unpaired) electrons. The van der Waals surface area contributed by atoms with Crippen LogP contribution in [0, 0.1) is 18.3 Å². The van der Waals surface area contributed by atoms with Gasteiger partial charge in [0, 0.05) is 41.8 Å². The lowest BCUT2D eigenvalue weighted by Gasteiger charge is -2.37. The van der Waals surface area contributed by atoms with E-state index in [4.69, 9.17) is 16.1 Å². The van der Waals surface area contributed by atoms with E-state index in [0.717, 1.165) is 60.1 Å². The van der Waals surface area contributed by atoms with E-state index in [1.54, 1.807) is 6.20 Å². The first kappa shape index (κ1) is 20.4. The Morgan fingerprint density at radius 1 is 1.32 bits per heavy atom. The number of piperidine rings is 1. The number of amides is 1. The van der Waals surface area contributed by atoms with E-state index in [-0.39, 0.29) is 24.6 Å². The van der Waals surface area contributed by atoms with Crippen molar-refractivity contribution < 1.29 is 14.6 Å². The number of rotatable bonds is 3. The van der Waals surface area contributed by atoms with Crippen molar-refractivity contribution in [1.29, 1.82) is 0 Å². The summed E-state index contributed by atoms with van der Waals surface area (Å²) in [6.45, 7) is 5.61. The molecule has 1 aromatic carbocycles. The van der Waals surface area contributed by atoms with Gasteiger partial charge in [0.05, 0.1) is 30.3 Å². The first-order valence-electron chi connectivity index (χ1n) is 11.3. The number of ether oxygens (including phenoxy) is 1. The van der Waals surface area contributed by atoms with Crippen LogP contribution >= 0.6 is 0 Å². The van der Waals surface area contributed by atoms with Crippen LogP contribution in [-0.2, 0) is 11.3 Å². The maximum absolute atomic E-state index is 13.5. The van der Waals surface area contributed by atoms with Crippen molar-refractivity contribution in [2.45, 2.75) is 50.9 Å². The fraction of sp³-hybridized carbons (Fsp3) is 0.520. The van der Waals surface area contributed by atoms with Gasteiger partial charge in [-0.05, 0) is 57.0 Å². The second-order valence-corrected chi connectivity index (χ2v) is 9.00. The molecule has 162 valence electrons. The van der Waals surface area contributed by atoms with Crippen LogP contribution in [0.25, 0.3) is 10.9 Å². The van der Waals surface area contributed by atoms with Gasteiger partial charge in [-0.2, -0.15) is 0 Å². The second kappa shape index (κ2) is 8.23. The van der Waals surface area contributed by atoms with E-state index in [0.29, 0.717) is 18.9 Å². The SMILES string of the molecule is C#CC1CCN(Cc2cc3c(c4ncccc24)C(C)N(C2CCOCC2O)C3=O)CC1. The lowest BCUT2D eigenvalue weighted by molar-refractivity contribution is -0.0623. The molecule has 3 atom stereocenters. The summed E-state index contributed by atoms with van der Waals surface area (Å²) in [4.78, 5) is 22.5. The Balaban J connectivity index is 1.51. The molecule has 0 spiro atoms. The summed E-state index contributed by atoms with van der Waals surface area (Å²) in [6, 6.07) is 5.78. The Morgan fingerprint density at radius 3 is 2.87 bits per heavy atom. The maximum Gasteiger partial charge on any atom is 0.255 e. The molecule has 6 heteroatoms. The van der Waals surface area contributed by atoms with Gasteiger partial charge >= 0.3 is 0 Å². The molecule has 1 aromatic heterocycles. The monoisotopic (exact) mass is 419 g/mol. The van der Waals surface area contributed by atoms with Crippen molar-refractivity contribution in [3.63, 3.8) is 0 Å². The van der Waals surface area contributed by atoms with Gasteiger partial charge in [-0.1, -0.05) is 6.07 Å². The highest BCUT2D eigenvalue weighted by Crippen LogP contribution is 2.42. The molecule has 3 aliphatic rings. The van der Waals surface area contributed by atoms with E-state index in [1.807, 2.05) is 17.9 Å². The van der Waals surface area contributed by atoms with Crippen LogP contribution in [-0.4, -0.2) is 64.2 Å². The Kier molecular flexibility index (Phi) is 5.43. The molecular formula is C25H29N3O3. The molecule has 0 bridgehead atoms. The molecular weight excluding hydrogens is 390 g/mol. The van der Waals surface area contributed by atoms with Crippen molar-refractivity contribution in [3.8, 4) is 12.3 Å². The number of benzene rings is 1. The van der Waals surface area contributed by atoms with Crippen molar-refractivity contribution in [2.24, 2.45) is 5.92 Å². The zero-order valence-corrected chi connectivity index (χ0v) is 18.0. The predicted octanol–water partition coefficient (Wildman–Crippen LogP) is 2.75. The number of carbonyl (C=O) groups excluding carboxylic acids is 1.